The average molecular weight is 379 g/mol. The van der Waals surface area contributed by atoms with Crippen LogP contribution >= 0.6 is 11.8 Å². The van der Waals surface area contributed by atoms with Gasteiger partial charge in [0.15, 0.2) is 6.61 Å². The van der Waals surface area contributed by atoms with Crippen LogP contribution in [0.15, 0.2) is 58.3 Å². The number of thioether (sulfide) groups is 1. The molecule has 5 heteroatoms. The Morgan fingerprint density at radius 2 is 1.78 bits per heavy atom. The minimum absolute atomic E-state index is 0.0478. The Morgan fingerprint density at radius 3 is 2.52 bits per heavy atom. The molecule has 4 nitrogen and oxygen atoms in total. The third kappa shape index (κ3) is 4.08. The molecule has 2 heterocycles. The van der Waals surface area contributed by atoms with E-state index < -0.39 is 0 Å². The molecule has 0 aliphatic carbocycles. The highest BCUT2D eigenvalue weighted by Crippen LogP contribution is 2.40. The van der Waals surface area contributed by atoms with E-state index in [2.05, 4.69) is 0 Å². The summed E-state index contributed by atoms with van der Waals surface area (Å²) >= 11 is 1.50. The zero-order chi connectivity index (χ0) is 18.6. The molecule has 0 atom stereocenters. The lowest BCUT2D eigenvalue weighted by atomic mass is 10.1. The van der Waals surface area contributed by atoms with Crippen LogP contribution in [0.3, 0.4) is 0 Å². The minimum Gasteiger partial charge on any atom is -0.484 e. The van der Waals surface area contributed by atoms with Gasteiger partial charge in [0, 0.05) is 23.5 Å². The summed E-state index contributed by atoms with van der Waals surface area (Å²) in [6, 6.07) is 15.2. The maximum Gasteiger partial charge on any atom is 0.260 e. The Hall–Kier alpha value is -2.53. The van der Waals surface area contributed by atoms with E-state index >= 15 is 0 Å². The van der Waals surface area contributed by atoms with Crippen molar-refractivity contribution < 1.29 is 14.3 Å². The van der Waals surface area contributed by atoms with Crippen molar-refractivity contribution in [3.63, 3.8) is 0 Å². The largest absolute Gasteiger partial charge is 0.484 e. The molecular formula is C22H21NO3S. The number of carbonyl (C=O) groups excluding carboxylic acids is 2. The van der Waals surface area contributed by atoms with E-state index in [0.29, 0.717) is 5.75 Å². The van der Waals surface area contributed by atoms with Gasteiger partial charge in [-0.1, -0.05) is 36.0 Å². The first-order chi connectivity index (χ1) is 13.2. The summed E-state index contributed by atoms with van der Waals surface area (Å²) in [7, 11) is 0. The van der Waals surface area contributed by atoms with E-state index in [0.717, 1.165) is 46.9 Å². The highest BCUT2D eigenvalue weighted by molar-refractivity contribution is 8.04. The average Bonchev–Trinajstić information content (AvgIpc) is 3.03. The number of ether oxygens (including phenoxy) is 1. The van der Waals surface area contributed by atoms with Crippen molar-refractivity contribution in [2.24, 2.45) is 0 Å². The van der Waals surface area contributed by atoms with E-state index in [1.165, 1.54) is 18.2 Å². The van der Waals surface area contributed by atoms with Gasteiger partial charge in [0.2, 0.25) is 5.78 Å². The number of benzene rings is 2. The molecule has 4 rings (SSSR count). The number of ketones is 1. The van der Waals surface area contributed by atoms with Gasteiger partial charge >= 0.3 is 0 Å². The SMILES string of the molecule is O=C1/C(=C/c2ccc(OCC(=O)N3CCCCC3)cc2)Sc2ccccc21. The Morgan fingerprint density at radius 1 is 1.04 bits per heavy atom. The summed E-state index contributed by atoms with van der Waals surface area (Å²) in [6.45, 7) is 1.75. The Kier molecular flexibility index (Phi) is 5.30. The fourth-order valence-electron chi connectivity index (χ4n) is 3.33. The van der Waals surface area contributed by atoms with E-state index in [-0.39, 0.29) is 18.3 Å². The van der Waals surface area contributed by atoms with Crippen molar-refractivity contribution in [2.45, 2.75) is 24.2 Å². The van der Waals surface area contributed by atoms with Crippen molar-refractivity contribution in [1.82, 2.24) is 4.90 Å². The highest BCUT2D eigenvalue weighted by Gasteiger charge is 2.25. The molecule has 2 aliphatic rings. The van der Waals surface area contributed by atoms with Gasteiger partial charge in [-0.05, 0) is 55.2 Å². The maximum atomic E-state index is 12.4. The number of fused-ring (bicyclic) bond motifs is 1. The lowest BCUT2D eigenvalue weighted by molar-refractivity contribution is -0.134. The van der Waals surface area contributed by atoms with Crippen LogP contribution in [0.25, 0.3) is 6.08 Å². The van der Waals surface area contributed by atoms with Crippen LogP contribution in [0.5, 0.6) is 5.75 Å². The number of Topliss-reactive ketones (excluding diaryl/α,β-unsaturated/α-hetero) is 1. The Labute approximate surface area is 163 Å². The molecule has 0 N–H and O–H groups in total. The second kappa shape index (κ2) is 8.01. The second-order valence-corrected chi connectivity index (χ2v) is 7.82. The van der Waals surface area contributed by atoms with Crippen molar-refractivity contribution in [3.05, 3.63) is 64.6 Å². The molecule has 1 fully saturated rings. The molecule has 0 aromatic heterocycles. The zero-order valence-corrected chi connectivity index (χ0v) is 15.8. The molecule has 0 spiro atoms. The summed E-state index contributed by atoms with van der Waals surface area (Å²) in [4.78, 5) is 28.2. The predicted octanol–water partition coefficient (Wildman–Crippen LogP) is 4.41. The number of carbonyl (C=O) groups is 2. The normalized spacial score (nSPS) is 17.9. The van der Waals surface area contributed by atoms with Gasteiger partial charge in [-0.3, -0.25) is 9.59 Å². The van der Waals surface area contributed by atoms with Crippen LogP contribution in [-0.2, 0) is 4.79 Å². The molecule has 2 aliphatic heterocycles. The molecule has 0 bridgehead atoms. The molecule has 0 unspecified atom stereocenters. The lowest BCUT2D eigenvalue weighted by Crippen LogP contribution is -2.38. The second-order valence-electron chi connectivity index (χ2n) is 6.74. The van der Waals surface area contributed by atoms with Gasteiger partial charge in [0.25, 0.3) is 5.91 Å². The smallest absolute Gasteiger partial charge is 0.260 e. The molecular weight excluding hydrogens is 358 g/mol. The van der Waals surface area contributed by atoms with Gasteiger partial charge in [-0.2, -0.15) is 0 Å². The lowest BCUT2D eigenvalue weighted by Gasteiger charge is -2.26. The quantitative estimate of drug-likeness (QED) is 0.739. The van der Waals surface area contributed by atoms with Gasteiger partial charge in [-0.25, -0.2) is 0 Å². The summed E-state index contributed by atoms with van der Waals surface area (Å²) in [6.07, 6.45) is 5.26. The standard InChI is InChI=1S/C22H21NO3S/c24-21(23-12-4-1-5-13-23)15-26-17-10-8-16(9-11-17)14-20-22(25)18-6-2-3-7-19(18)27-20/h2-3,6-11,14H,1,4-5,12-13,15H2/b20-14-. The molecule has 0 saturated carbocycles. The number of piperidine rings is 1. The van der Waals surface area contributed by atoms with Crippen molar-refractivity contribution >= 4 is 29.5 Å². The highest BCUT2D eigenvalue weighted by atomic mass is 32.2. The van der Waals surface area contributed by atoms with E-state index in [1.807, 2.05) is 59.5 Å². The summed E-state index contributed by atoms with van der Waals surface area (Å²) < 4.78 is 5.63. The van der Waals surface area contributed by atoms with Crippen molar-refractivity contribution in [3.8, 4) is 5.75 Å². The monoisotopic (exact) mass is 379 g/mol. The third-order valence-electron chi connectivity index (χ3n) is 4.82. The minimum atomic E-state index is 0.0478. The van der Waals surface area contributed by atoms with Crippen LogP contribution in [-0.4, -0.2) is 36.3 Å². The fourth-order valence-corrected chi connectivity index (χ4v) is 4.38. The molecule has 0 radical (unpaired) electrons. The topological polar surface area (TPSA) is 46.6 Å². The number of likely N-dealkylation sites (tertiary alicyclic amines) is 1. The number of hydrogen-bond donors (Lipinski definition) is 0. The molecule has 2 aromatic carbocycles. The first-order valence-corrected chi connectivity index (χ1v) is 10.1. The number of amides is 1. The van der Waals surface area contributed by atoms with E-state index in [9.17, 15) is 9.59 Å². The van der Waals surface area contributed by atoms with Crippen molar-refractivity contribution in [1.29, 1.82) is 0 Å². The number of rotatable bonds is 4. The van der Waals surface area contributed by atoms with Crippen LogP contribution in [0.4, 0.5) is 0 Å². The number of nitrogens with zero attached hydrogens (tertiary/aromatic N) is 1. The summed E-state index contributed by atoms with van der Waals surface area (Å²) in [5.41, 5.74) is 1.71. The number of allylic oxidation sites excluding steroid dienone is 1. The molecule has 138 valence electrons. The third-order valence-corrected chi connectivity index (χ3v) is 5.92. The van der Waals surface area contributed by atoms with Gasteiger partial charge in [0.05, 0.1) is 4.91 Å². The summed E-state index contributed by atoms with van der Waals surface area (Å²) in [5, 5.41) is 0. The molecule has 1 amide bonds. The van der Waals surface area contributed by atoms with Gasteiger partial charge in [0.1, 0.15) is 5.75 Å². The van der Waals surface area contributed by atoms with E-state index in [1.54, 1.807) is 0 Å². The van der Waals surface area contributed by atoms with Gasteiger partial charge in [-0.15, -0.1) is 0 Å². The summed E-state index contributed by atoms with van der Waals surface area (Å²) in [5.74, 6) is 0.783. The van der Waals surface area contributed by atoms with Crippen LogP contribution in [0.2, 0.25) is 0 Å². The van der Waals surface area contributed by atoms with Crippen LogP contribution in [0.1, 0.15) is 35.2 Å². The first-order valence-electron chi connectivity index (χ1n) is 9.24. The van der Waals surface area contributed by atoms with E-state index in [4.69, 9.17) is 4.74 Å². The Balaban J connectivity index is 1.37. The molecule has 27 heavy (non-hydrogen) atoms. The maximum absolute atomic E-state index is 12.4. The molecule has 2 aromatic rings. The zero-order valence-electron chi connectivity index (χ0n) is 15.0. The van der Waals surface area contributed by atoms with Gasteiger partial charge < -0.3 is 9.64 Å². The fraction of sp³-hybridized carbons (Fsp3) is 0.273. The van der Waals surface area contributed by atoms with Crippen LogP contribution < -0.4 is 4.74 Å². The first kappa shape index (κ1) is 17.9. The molecule has 1 saturated heterocycles. The number of hydrogen-bond acceptors (Lipinski definition) is 4. The van der Waals surface area contributed by atoms with Crippen molar-refractivity contribution in [2.75, 3.05) is 19.7 Å². The Bertz CT molecular complexity index is 883. The van der Waals surface area contributed by atoms with Crippen LogP contribution in [0, 0.1) is 0 Å². The predicted molar refractivity (Wildman–Crippen MR) is 107 cm³/mol.